The average Bonchev–Trinajstić information content (AvgIpc) is 2.74. The molecule has 0 radical (unpaired) electrons. The number of carbonyl (C=O) groups excluding carboxylic acids is 1. The fourth-order valence-electron chi connectivity index (χ4n) is 2.28. The number of likely N-dealkylation sites (N-methyl/N-ethyl adjacent to an activating group) is 1. The zero-order valence-electron chi connectivity index (χ0n) is 13.9. The van der Waals surface area contributed by atoms with Crippen LogP contribution in [0.1, 0.15) is 37.7 Å². The Morgan fingerprint density at radius 1 is 1.33 bits per heavy atom. The van der Waals surface area contributed by atoms with E-state index in [9.17, 15) is 4.79 Å². The molecule has 0 unspecified atom stereocenters. The van der Waals surface area contributed by atoms with E-state index in [1.54, 1.807) is 0 Å². The lowest BCUT2D eigenvalue weighted by molar-refractivity contribution is 0.0713. The van der Waals surface area contributed by atoms with Crippen molar-refractivity contribution >= 4 is 21.8 Å². The van der Waals surface area contributed by atoms with Crippen LogP contribution in [-0.4, -0.2) is 54.0 Å². The van der Waals surface area contributed by atoms with Crippen molar-refractivity contribution in [2.24, 2.45) is 5.92 Å². The van der Waals surface area contributed by atoms with E-state index in [0.717, 1.165) is 42.8 Å². The Balaban J connectivity index is 2.92. The number of aromatic nitrogens is 1. The van der Waals surface area contributed by atoms with Gasteiger partial charge >= 0.3 is 0 Å². The summed E-state index contributed by atoms with van der Waals surface area (Å²) in [4.78, 5) is 17.0. The van der Waals surface area contributed by atoms with Gasteiger partial charge in [0.1, 0.15) is 5.69 Å². The van der Waals surface area contributed by atoms with Crippen molar-refractivity contribution in [3.63, 3.8) is 0 Å². The molecule has 0 fully saturated rings. The van der Waals surface area contributed by atoms with Gasteiger partial charge in [-0.15, -0.1) is 0 Å². The second kappa shape index (κ2) is 8.59. The number of hydrogen-bond donors (Lipinski definition) is 0. The second-order valence-electron chi connectivity index (χ2n) is 6.19. The van der Waals surface area contributed by atoms with E-state index >= 15 is 0 Å². The van der Waals surface area contributed by atoms with E-state index in [-0.39, 0.29) is 5.91 Å². The Kier molecular flexibility index (Phi) is 7.46. The highest BCUT2D eigenvalue weighted by Crippen LogP contribution is 2.18. The van der Waals surface area contributed by atoms with Gasteiger partial charge in [0, 0.05) is 36.8 Å². The molecule has 1 heterocycles. The maximum Gasteiger partial charge on any atom is 0.270 e. The minimum atomic E-state index is 0.129. The van der Waals surface area contributed by atoms with E-state index in [1.807, 2.05) is 31.3 Å². The van der Waals surface area contributed by atoms with E-state index in [4.69, 9.17) is 0 Å². The van der Waals surface area contributed by atoms with E-state index < -0.39 is 0 Å². The molecule has 0 saturated carbocycles. The fraction of sp³-hybridized carbons (Fsp3) is 0.688. The SMILES string of the molecule is CCCn1cc(Br)cc1C(=O)N(CCN(C)C)CC(C)C. The van der Waals surface area contributed by atoms with Crippen LogP contribution in [0.3, 0.4) is 0 Å². The largest absolute Gasteiger partial charge is 0.342 e. The average molecular weight is 358 g/mol. The molecule has 0 N–H and O–H groups in total. The fourth-order valence-corrected chi connectivity index (χ4v) is 2.74. The molecule has 5 heteroatoms. The van der Waals surface area contributed by atoms with Crippen LogP contribution in [0.2, 0.25) is 0 Å². The number of amides is 1. The molecule has 0 aliphatic heterocycles. The highest BCUT2D eigenvalue weighted by Gasteiger charge is 2.20. The molecule has 4 nitrogen and oxygen atoms in total. The van der Waals surface area contributed by atoms with Gasteiger partial charge in [-0.3, -0.25) is 4.79 Å². The zero-order chi connectivity index (χ0) is 16.0. The van der Waals surface area contributed by atoms with Gasteiger partial charge in [-0.25, -0.2) is 0 Å². The summed E-state index contributed by atoms with van der Waals surface area (Å²) in [5, 5.41) is 0. The molecule has 1 aromatic heterocycles. The van der Waals surface area contributed by atoms with Crippen molar-refractivity contribution in [2.45, 2.75) is 33.7 Å². The van der Waals surface area contributed by atoms with Gasteiger partial charge in [0.25, 0.3) is 5.91 Å². The Morgan fingerprint density at radius 3 is 2.52 bits per heavy atom. The maximum absolute atomic E-state index is 12.9. The standard InChI is InChI=1S/C16H28BrN3O/c1-6-7-19-12-14(17)10-15(19)16(21)20(11-13(2)3)9-8-18(4)5/h10,12-13H,6-9,11H2,1-5H3. The number of carbonyl (C=O) groups is 1. The highest BCUT2D eigenvalue weighted by atomic mass is 79.9. The number of rotatable bonds is 8. The highest BCUT2D eigenvalue weighted by molar-refractivity contribution is 9.10. The van der Waals surface area contributed by atoms with Crippen LogP contribution in [0, 0.1) is 5.92 Å². The molecule has 21 heavy (non-hydrogen) atoms. The van der Waals surface area contributed by atoms with Gasteiger partial charge in [-0.05, 0) is 48.4 Å². The van der Waals surface area contributed by atoms with Crippen LogP contribution in [-0.2, 0) is 6.54 Å². The number of aryl methyl sites for hydroxylation is 1. The first-order valence-electron chi connectivity index (χ1n) is 7.64. The monoisotopic (exact) mass is 357 g/mol. The predicted octanol–water partition coefficient (Wildman–Crippen LogP) is 3.32. The number of halogens is 1. The summed E-state index contributed by atoms with van der Waals surface area (Å²) in [5.74, 6) is 0.596. The zero-order valence-corrected chi connectivity index (χ0v) is 15.5. The van der Waals surface area contributed by atoms with Crippen LogP contribution in [0.4, 0.5) is 0 Å². The van der Waals surface area contributed by atoms with Gasteiger partial charge in [0.15, 0.2) is 0 Å². The van der Waals surface area contributed by atoms with Crippen LogP contribution in [0.15, 0.2) is 16.7 Å². The topological polar surface area (TPSA) is 28.5 Å². The minimum absolute atomic E-state index is 0.129. The third-order valence-electron chi connectivity index (χ3n) is 3.24. The first-order valence-corrected chi connectivity index (χ1v) is 8.44. The van der Waals surface area contributed by atoms with Crippen molar-refractivity contribution in [3.05, 3.63) is 22.4 Å². The van der Waals surface area contributed by atoms with E-state index in [0.29, 0.717) is 5.92 Å². The van der Waals surface area contributed by atoms with Gasteiger partial charge in [0.2, 0.25) is 0 Å². The lowest BCUT2D eigenvalue weighted by atomic mass is 10.2. The molecule has 1 rings (SSSR count). The molecule has 0 saturated heterocycles. The Bertz CT molecular complexity index is 454. The molecule has 120 valence electrons. The van der Waals surface area contributed by atoms with Crippen molar-refractivity contribution < 1.29 is 4.79 Å². The summed E-state index contributed by atoms with van der Waals surface area (Å²) in [6.07, 6.45) is 3.01. The van der Waals surface area contributed by atoms with Gasteiger partial charge in [-0.1, -0.05) is 20.8 Å². The summed E-state index contributed by atoms with van der Waals surface area (Å²) in [5.41, 5.74) is 0.781. The van der Waals surface area contributed by atoms with Gasteiger partial charge < -0.3 is 14.4 Å². The summed E-state index contributed by atoms with van der Waals surface area (Å²) in [6, 6.07) is 1.93. The first kappa shape index (κ1) is 18.2. The second-order valence-corrected chi connectivity index (χ2v) is 7.10. The molecule has 0 aliphatic carbocycles. The van der Waals surface area contributed by atoms with Crippen LogP contribution in [0.5, 0.6) is 0 Å². The predicted molar refractivity (Wildman–Crippen MR) is 91.7 cm³/mol. The summed E-state index contributed by atoms with van der Waals surface area (Å²) in [6.45, 7) is 9.73. The van der Waals surface area contributed by atoms with Crippen molar-refractivity contribution in [1.29, 1.82) is 0 Å². The molecule has 1 aromatic rings. The molecular formula is C16H28BrN3O. The van der Waals surface area contributed by atoms with Crippen molar-refractivity contribution in [2.75, 3.05) is 33.7 Å². The number of nitrogens with zero attached hydrogens (tertiary/aromatic N) is 3. The van der Waals surface area contributed by atoms with Gasteiger partial charge in [-0.2, -0.15) is 0 Å². The summed E-state index contributed by atoms with van der Waals surface area (Å²) >= 11 is 3.48. The molecule has 0 atom stereocenters. The molecule has 0 aromatic carbocycles. The molecule has 0 aliphatic rings. The Morgan fingerprint density at radius 2 is 2.00 bits per heavy atom. The molecular weight excluding hydrogens is 330 g/mol. The Labute approximate surface area is 137 Å². The lowest BCUT2D eigenvalue weighted by Gasteiger charge is -2.26. The smallest absolute Gasteiger partial charge is 0.270 e. The van der Waals surface area contributed by atoms with Crippen molar-refractivity contribution in [3.8, 4) is 0 Å². The number of hydrogen-bond acceptors (Lipinski definition) is 2. The maximum atomic E-state index is 12.9. The third kappa shape index (κ3) is 5.83. The van der Waals surface area contributed by atoms with Crippen LogP contribution < -0.4 is 0 Å². The third-order valence-corrected chi connectivity index (χ3v) is 3.67. The van der Waals surface area contributed by atoms with Crippen LogP contribution >= 0.6 is 15.9 Å². The van der Waals surface area contributed by atoms with Crippen LogP contribution in [0.25, 0.3) is 0 Å². The van der Waals surface area contributed by atoms with E-state index in [2.05, 4.69) is 46.2 Å². The molecule has 0 spiro atoms. The Hall–Kier alpha value is -0.810. The van der Waals surface area contributed by atoms with Crippen molar-refractivity contribution in [1.82, 2.24) is 14.4 Å². The summed E-state index contributed by atoms with van der Waals surface area (Å²) in [7, 11) is 4.07. The quantitative estimate of drug-likeness (QED) is 0.713. The molecule has 1 amide bonds. The lowest BCUT2D eigenvalue weighted by Crippen LogP contribution is -2.39. The van der Waals surface area contributed by atoms with E-state index in [1.165, 1.54) is 0 Å². The first-order chi connectivity index (χ1) is 9.85. The van der Waals surface area contributed by atoms with Gasteiger partial charge in [0.05, 0.1) is 0 Å². The minimum Gasteiger partial charge on any atom is -0.342 e. The normalized spacial score (nSPS) is 11.4. The summed E-state index contributed by atoms with van der Waals surface area (Å²) < 4.78 is 3.02. The molecule has 0 bridgehead atoms.